The van der Waals surface area contributed by atoms with Crippen molar-refractivity contribution in [2.24, 2.45) is 0 Å². The summed E-state index contributed by atoms with van der Waals surface area (Å²) in [5.74, 6) is -11.7. The molecule has 4 N–H and O–H groups in total. The van der Waals surface area contributed by atoms with Crippen LogP contribution in [0, 0.1) is 29.1 Å². The number of nitrogen functional groups attached to an aromatic ring is 1. The van der Waals surface area contributed by atoms with Crippen molar-refractivity contribution in [1.29, 1.82) is 0 Å². The molecule has 0 radical (unpaired) electrons. The first-order valence-electron chi connectivity index (χ1n) is 11.0. The van der Waals surface area contributed by atoms with Gasteiger partial charge in [-0.25, -0.2) is 32.6 Å². The van der Waals surface area contributed by atoms with Crippen LogP contribution in [0.3, 0.4) is 0 Å². The Labute approximate surface area is 215 Å². The van der Waals surface area contributed by atoms with E-state index in [1.54, 1.807) is 0 Å². The molecule has 4 aromatic rings. The van der Waals surface area contributed by atoms with Crippen LogP contribution in [0.1, 0.15) is 6.42 Å². The van der Waals surface area contributed by atoms with Crippen molar-refractivity contribution in [2.45, 2.75) is 13.0 Å². The second-order valence-corrected chi connectivity index (χ2v) is 7.89. The van der Waals surface area contributed by atoms with E-state index in [4.69, 9.17) is 15.6 Å². The molecule has 15 heteroatoms. The Kier molecular flexibility index (Phi) is 7.69. The van der Waals surface area contributed by atoms with Crippen molar-refractivity contribution in [2.75, 3.05) is 12.3 Å². The van der Waals surface area contributed by atoms with Crippen LogP contribution in [-0.2, 0) is 16.1 Å². The molecule has 0 saturated carbocycles. The number of aliphatic carboxylic acids is 1. The molecule has 0 bridgehead atoms. The van der Waals surface area contributed by atoms with Gasteiger partial charge in [-0.15, -0.1) is 0 Å². The topological polar surface area (TPSA) is 145 Å². The standard InChI is InChI=1S/C24H17F5N6O4/c25-13-8-11(39-22-19(28)14(26)9-15(27)20(22)29)2-3-12(13)21-18-23(30)32-10-33-24(18)35(34-21)7-1-6-31-16(36)4-5-17(37)38/h2-5,8-10H,1,6-7H2,(H,31,36)(H,37,38)(H2,30,32,33). The number of hydrogen-bond donors (Lipinski definition) is 3. The van der Waals surface area contributed by atoms with Crippen LogP contribution in [-0.4, -0.2) is 43.3 Å². The first-order valence-corrected chi connectivity index (χ1v) is 11.0. The first-order chi connectivity index (χ1) is 18.6. The number of anilines is 1. The number of amides is 1. The summed E-state index contributed by atoms with van der Waals surface area (Å²) in [6.07, 6.45) is 3.05. The van der Waals surface area contributed by atoms with Crippen LogP contribution in [0.25, 0.3) is 22.3 Å². The van der Waals surface area contributed by atoms with Crippen molar-refractivity contribution >= 4 is 28.7 Å². The predicted octanol–water partition coefficient (Wildman–Crippen LogP) is 3.71. The molecule has 1 amide bonds. The maximum absolute atomic E-state index is 15.1. The minimum atomic E-state index is -1.79. The summed E-state index contributed by atoms with van der Waals surface area (Å²) in [4.78, 5) is 30.1. The van der Waals surface area contributed by atoms with Gasteiger partial charge < -0.3 is 20.9 Å². The predicted molar refractivity (Wildman–Crippen MR) is 126 cm³/mol. The van der Waals surface area contributed by atoms with Gasteiger partial charge in [0.05, 0.1) is 5.39 Å². The summed E-state index contributed by atoms with van der Waals surface area (Å²) in [5.41, 5.74) is 6.13. The molecule has 39 heavy (non-hydrogen) atoms. The van der Waals surface area contributed by atoms with Crippen LogP contribution in [0.4, 0.5) is 27.8 Å². The molecule has 0 fully saturated rings. The van der Waals surface area contributed by atoms with Gasteiger partial charge in [0, 0.05) is 42.9 Å². The third-order valence-corrected chi connectivity index (χ3v) is 5.27. The maximum atomic E-state index is 15.1. The number of aromatic nitrogens is 4. The van der Waals surface area contributed by atoms with E-state index in [9.17, 15) is 27.2 Å². The van der Waals surface area contributed by atoms with Crippen LogP contribution >= 0.6 is 0 Å². The summed E-state index contributed by atoms with van der Waals surface area (Å²) in [7, 11) is 0. The average Bonchev–Trinajstić information content (AvgIpc) is 3.26. The van der Waals surface area contributed by atoms with Gasteiger partial charge in [-0.2, -0.15) is 13.9 Å². The Bertz CT molecular complexity index is 1600. The number of carbonyl (C=O) groups is 2. The molecule has 0 aliphatic heterocycles. The molecule has 0 unspecified atom stereocenters. The fraction of sp³-hybridized carbons (Fsp3) is 0.125. The third kappa shape index (κ3) is 5.76. The lowest BCUT2D eigenvalue weighted by Gasteiger charge is -2.10. The molecule has 202 valence electrons. The highest BCUT2D eigenvalue weighted by Gasteiger charge is 2.23. The Hall–Kier alpha value is -5.08. The lowest BCUT2D eigenvalue weighted by Crippen LogP contribution is -2.23. The maximum Gasteiger partial charge on any atom is 0.328 e. The normalized spacial score (nSPS) is 11.3. The number of carboxylic acid groups (broad SMARTS) is 1. The summed E-state index contributed by atoms with van der Waals surface area (Å²) < 4.78 is 76.3. The lowest BCUT2D eigenvalue weighted by molar-refractivity contribution is -0.131. The Morgan fingerprint density at radius 2 is 1.74 bits per heavy atom. The van der Waals surface area contributed by atoms with E-state index in [2.05, 4.69) is 20.4 Å². The zero-order valence-corrected chi connectivity index (χ0v) is 19.6. The van der Waals surface area contributed by atoms with E-state index in [-0.39, 0.29) is 47.3 Å². The SMILES string of the molecule is Nc1ncnc2c1c(-c1ccc(Oc3c(F)c(F)cc(F)c3F)cc1F)nn2CCCNC(=O)C=CC(=O)O. The quantitative estimate of drug-likeness (QED) is 0.124. The fourth-order valence-electron chi connectivity index (χ4n) is 3.53. The third-order valence-electron chi connectivity index (χ3n) is 5.27. The highest BCUT2D eigenvalue weighted by atomic mass is 19.2. The van der Waals surface area contributed by atoms with Gasteiger partial charge in [0.2, 0.25) is 23.3 Å². The fourth-order valence-corrected chi connectivity index (χ4v) is 3.53. The van der Waals surface area contributed by atoms with Crippen LogP contribution in [0.5, 0.6) is 11.5 Å². The number of nitrogens with two attached hydrogens (primary N) is 1. The second-order valence-electron chi connectivity index (χ2n) is 7.89. The number of benzene rings is 2. The van der Waals surface area contributed by atoms with Crippen LogP contribution in [0.2, 0.25) is 0 Å². The smallest absolute Gasteiger partial charge is 0.328 e. The van der Waals surface area contributed by atoms with Gasteiger partial charge in [-0.3, -0.25) is 4.79 Å². The van der Waals surface area contributed by atoms with E-state index in [1.807, 2.05) is 0 Å². The van der Waals surface area contributed by atoms with Crippen LogP contribution in [0.15, 0.2) is 42.7 Å². The van der Waals surface area contributed by atoms with E-state index in [1.165, 1.54) is 11.0 Å². The summed E-state index contributed by atoms with van der Waals surface area (Å²) in [6, 6.07) is 3.01. The van der Waals surface area contributed by atoms with Crippen molar-refractivity contribution in [3.8, 4) is 22.8 Å². The molecule has 2 aromatic heterocycles. The van der Waals surface area contributed by atoms with Gasteiger partial charge in [-0.05, 0) is 18.6 Å². The largest absolute Gasteiger partial charge is 0.478 e. The van der Waals surface area contributed by atoms with E-state index < -0.39 is 52.5 Å². The van der Waals surface area contributed by atoms with Gasteiger partial charge >= 0.3 is 5.97 Å². The highest BCUT2D eigenvalue weighted by molar-refractivity contribution is 5.98. The summed E-state index contributed by atoms with van der Waals surface area (Å²) >= 11 is 0. The molecular weight excluding hydrogens is 531 g/mol. The zero-order valence-electron chi connectivity index (χ0n) is 19.6. The molecular formula is C24H17F5N6O4. The minimum absolute atomic E-state index is 0.0135. The number of ether oxygens (including phenoxy) is 1. The number of nitrogens with one attached hydrogen (secondary N) is 1. The number of aryl methyl sites for hydroxylation is 1. The van der Waals surface area contributed by atoms with Crippen molar-refractivity contribution in [1.82, 2.24) is 25.1 Å². The van der Waals surface area contributed by atoms with Crippen LogP contribution < -0.4 is 15.8 Å². The van der Waals surface area contributed by atoms with Crippen molar-refractivity contribution in [3.63, 3.8) is 0 Å². The number of fused-ring (bicyclic) bond motifs is 1. The molecule has 0 saturated heterocycles. The lowest BCUT2D eigenvalue weighted by atomic mass is 10.1. The molecule has 0 aliphatic carbocycles. The number of nitrogens with zero attached hydrogens (tertiary/aromatic N) is 4. The molecule has 4 rings (SSSR count). The summed E-state index contributed by atoms with van der Waals surface area (Å²) in [5, 5.41) is 15.6. The van der Waals surface area contributed by atoms with Gasteiger partial charge in [-0.1, -0.05) is 0 Å². The Morgan fingerprint density at radius 3 is 2.41 bits per heavy atom. The van der Waals surface area contributed by atoms with Crippen molar-refractivity contribution in [3.05, 3.63) is 71.8 Å². The first kappa shape index (κ1) is 27.0. The molecule has 0 aliphatic rings. The monoisotopic (exact) mass is 548 g/mol. The van der Waals surface area contributed by atoms with Crippen molar-refractivity contribution < 1.29 is 41.4 Å². The van der Waals surface area contributed by atoms with E-state index >= 15 is 4.39 Å². The molecule has 0 atom stereocenters. The van der Waals surface area contributed by atoms with E-state index in [0.717, 1.165) is 24.3 Å². The zero-order chi connectivity index (χ0) is 28.3. The van der Waals surface area contributed by atoms with Gasteiger partial charge in [0.15, 0.2) is 17.3 Å². The second kappa shape index (κ2) is 11.1. The highest BCUT2D eigenvalue weighted by Crippen LogP contribution is 2.36. The number of carboxylic acids is 1. The number of halogens is 5. The van der Waals surface area contributed by atoms with Gasteiger partial charge in [0.1, 0.15) is 29.4 Å². The Balaban J connectivity index is 1.59. The molecule has 0 spiro atoms. The summed E-state index contributed by atoms with van der Waals surface area (Å²) in [6.45, 7) is 0.330. The molecule has 10 nitrogen and oxygen atoms in total. The van der Waals surface area contributed by atoms with E-state index in [0.29, 0.717) is 12.5 Å². The molecule has 2 heterocycles. The Morgan fingerprint density at radius 1 is 1.03 bits per heavy atom. The number of carbonyl (C=O) groups excluding carboxylic acids is 1. The number of hydrogen-bond acceptors (Lipinski definition) is 7. The minimum Gasteiger partial charge on any atom is -0.478 e. The van der Waals surface area contributed by atoms with Gasteiger partial charge in [0.25, 0.3) is 0 Å². The average molecular weight is 548 g/mol. The molecule has 2 aromatic carbocycles. The number of rotatable bonds is 9.